The summed E-state index contributed by atoms with van der Waals surface area (Å²) in [4.78, 5) is 15.5. The Bertz CT molecular complexity index is 3280. The zero-order chi connectivity index (χ0) is 40.5. The number of fused-ring (bicyclic) bond motifs is 3. The first-order chi connectivity index (χ1) is 30.2. The Morgan fingerprint density at radius 3 is 0.984 bits per heavy atom. The van der Waals surface area contributed by atoms with E-state index in [1.165, 1.54) is 38.6 Å². The van der Waals surface area contributed by atoms with Crippen molar-refractivity contribution in [1.82, 2.24) is 19.5 Å². The van der Waals surface area contributed by atoms with Crippen molar-refractivity contribution in [3.8, 4) is 84.4 Å². The summed E-state index contributed by atoms with van der Waals surface area (Å²) in [5, 5.41) is 2.37. The Kier molecular flexibility index (Phi) is 9.14. The number of benzene rings is 9. The fourth-order valence-corrected chi connectivity index (χ4v) is 8.32. The molecule has 286 valence electrons. The molecule has 2 aromatic heterocycles. The van der Waals surface area contributed by atoms with Gasteiger partial charge in [-0.1, -0.05) is 206 Å². The summed E-state index contributed by atoms with van der Waals surface area (Å²) in [5.41, 5.74) is 15.5. The van der Waals surface area contributed by atoms with Crippen molar-refractivity contribution in [2.24, 2.45) is 0 Å². The van der Waals surface area contributed by atoms with Crippen LogP contribution in [-0.2, 0) is 0 Å². The summed E-state index contributed by atoms with van der Waals surface area (Å²) in [6, 6.07) is 81.2. The molecule has 0 N–H and O–H groups in total. The van der Waals surface area contributed by atoms with E-state index in [0.29, 0.717) is 17.5 Å². The first kappa shape index (κ1) is 35.9. The first-order valence-corrected chi connectivity index (χ1v) is 20.6. The number of aromatic nitrogens is 4. The molecule has 0 bridgehead atoms. The van der Waals surface area contributed by atoms with Gasteiger partial charge < -0.3 is 4.57 Å². The summed E-state index contributed by atoms with van der Waals surface area (Å²) >= 11 is 0. The van der Waals surface area contributed by atoms with Crippen LogP contribution in [0.2, 0.25) is 0 Å². The van der Waals surface area contributed by atoms with Gasteiger partial charge in [-0.05, 0) is 68.8 Å². The molecule has 0 fully saturated rings. The standard InChI is InChI=1S/C57H38N4/c1-4-12-39(13-5-1)42-20-22-44(23-21-42)45-26-30-48(31-27-45)56-58-55(47-28-24-43(25-29-47)40-14-6-2-7-15-40)59-57(60-56)49-34-37-52-51-18-10-11-19-53(51)61(54(52)38-49)50-35-32-46(33-36-50)41-16-8-3-9-17-41/h1-38H. The molecule has 0 radical (unpaired) electrons. The third-order valence-electron chi connectivity index (χ3n) is 11.5. The SMILES string of the molecule is c1ccc(-c2ccc(-c3ccc(-c4nc(-c5ccc(-c6ccccc6)cc5)nc(-c5ccc6c7ccccc7n(-c7ccc(-c8ccccc8)cc7)c6c5)n4)cc3)cc2)cc1. The molecule has 11 aromatic rings. The molecule has 0 amide bonds. The van der Waals surface area contributed by atoms with E-state index >= 15 is 0 Å². The molecular weight excluding hydrogens is 741 g/mol. The second-order valence-corrected chi connectivity index (χ2v) is 15.3. The molecule has 0 aliphatic rings. The molecule has 0 spiro atoms. The normalized spacial score (nSPS) is 11.3. The molecular formula is C57H38N4. The highest BCUT2D eigenvalue weighted by Gasteiger charge is 2.17. The van der Waals surface area contributed by atoms with Gasteiger partial charge in [0.2, 0.25) is 0 Å². The van der Waals surface area contributed by atoms with E-state index in [2.05, 4.69) is 223 Å². The highest BCUT2D eigenvalue weighted by atomic mass is 15.0. The average Bonchev–Trinajstić information content (AvgIpc) is 3.68. The van der Waals surface area contributed by atoms with E-state index in [1.54, 1.807) is 0 Å². The Hall–Kier alpha value is -8.21. The fourth-order valence-electron chi connectivity index (χ4n) is 8.32. The van der Waals surface area contributed by atoms with Gasteiger partial charge in [0.25, 0.3) is 0 Å². The molecule has 0 aliphatic carbocycles. The second-order valence-electron chi connectivity index (χ2n) is 15.3. The Balaban J connectivity index is 1.01. The summed E-state index contributed by atoms with van der Waals surface area (Å²) in [7, 11) is 0. The van der Waals surface area contributed by atoms with Crippen molar-refractivity contribution in [2.45, 2.75) is 0 Å². The van der Waals surface area contributed by atoms with Gasteiger partial charge in [-0.2, -0.15) is 0 Å². The maximum Gasteiger partial charge on any atom is 0.164 e. The van der Waals surface area contributed by atoms with Crippen LogP contribution >= 0.6 is 0 Å². The molecule has 2 heterocycles. The van der Waals surface area contributed by atoms with Crippen LogP contribution < -0.4 is 0 Å². The van der Waals surface area contributed by atoms with Gasteiger partial charge in [0.1, 0.15) is 0 Å². The van der Waals surface area contributed by atoms with E-state index in [0.717, 1.165) is 50.1 Å². The monoisotopic (exact) mass is 778 g/mol. The molecule has 0 unspecified atom stereocenters. The van der Waals surface area contributed by atoms with Gasteiger partial charge in [-0.15, -0.1) is 0 Å². The smallest absolute Gasteiger partial charge is 0.164 e. The van der Waals surface area contributed by atoms with E-state index in [4.69, 9.17) is 15.0 Å². The van der Waals surface area contributed by atoms with Crippen molar-refractivity contribution in [3.05, 3.63) is 231 Å². The number of nitrogens with zero attached hydrogens (tertiary/aromatic N) is 4. The van der Waals surface area contributed by atoms with Crippen LogP contribution in [-0.4, -0.2) is 19.5 Å². The Morgan fingerprint density at radius 2 is 0.541 bits per heavy atom. The molecule has 0 aliphatic heterocycles. The third kappa shape index (κ3) is 6.96. The third-order valence-corrected chi connectivity index (χ3v) is 11.5. The van der Waals surface area contributed by atoms with Crippen LogP contribution in [0.25, 0.3) is 106 Å². The molecule has 61 heavy (non-hydrogen) atoms. The molecule has 0 saturated heterocycles. The van der Waals surface area contributed by atoms with Crippen LogP contribution in [0, 0.1) is 0 Å². The van der Waals surface area contributed by atoms with Gasteiger partial charge in [-0.3, -0.25) is 0 Å². The molecule has 0 saturated carbocycles. The van der Waals surface area contributed by atoms with Crippen LogP contribution in [0.3, 0.4) is 0 Å². The van der Waals surface area contributed by atoms with E-state index in [-0.39, 0.29) is 0 Å². The average molecular weight is 779 g/mol. The van der Waals surface area contributed by atoms with Gasteiger partial charge in [0.15, 0.2) is 17.5 Å². The zero-order valence-corrected chi connectivity index (χ0v) is 33.2. The maximum absolute atomic E-state index is 5.19. The molecule has 9 aromatic carbocycles. The van der Waals surface area contributed by atoms with Crippen LogP contribution in [0.4, 0.5) is 0 Å². The number of rotatable bonds is 8. The van der Waals surface area contributed by atoms with Gasteiger partial charge in [0, 0.05) is 33.2 Å². The minimum absolute atomic E-state index is 0.617. The Morgan fingerprint density at radius 1 is 0.230 bits per heavy atom. The molecule has 4 nitrogen and oxygen atoms in total. The Labute approximate surface area is 354 Å². The van der Waals surface area contributed by atoms with Crippen molar-refractivity contribution >= 4 is 21.8 Å². The van der Waals surface area contributed by atoms with Crippen LogP contribution in [0.15, 0.2) is 231 Å². The lowest BCUT2D eigenvalue weighted by Crippen LogP contribution is -2.00. The highest BCUT2D eigenvalue weighted by Crippen LogP contribution is 2.36. The number of hydrogen-bond donors (Lipinski definition) is 0. The quantitative estimate of drug-likeness (QED) is 0.154. The van der Waals surface area contributed by atoms with Gasteiger partial charge in [-0.25, -0.2) is 15.0 Å². The van der Waals surface area contributed by atoms with E-state index < -0.39 is 0 Å². The van der Waals surface area contributed by atoms with Gasteiger partial charge >= 0.3 is 0 Å². The zero-order valence-electron chi connectivity index (χ0n) is 33.2. The van der Waals surface area contributed by atoms with Crippen molar-refractivity contribution in [1.29, 1.82) is 0 Å². The lowest BCUT2D eigenvalue weighted by molar-refractivity contribution is 1.07. The first-order valence-electron chi connectivity index (χ1n) is 20.6. The van der Waals surface area contributed by atoms with Gasteiger partial charge in [0.05, 0.1) is 11.0 Å². The maximum atomic E-state index is 5.19. The van der Waals surface area contributed by atoms with E-state index in [1.807, 2.05) is 12.1 Å². The highest BCUT2D eigenvalue weighted by molar-refractivity contribution is 6.10. The second kappa shape index (κ2) is 15.5. The topological polar surface area (TPSA) is 43.6 Å². The summed E-state index contributed by atoms with van der Waals surface area (Å²) in [6.07, 6.45) is 0. The van der Waals surface area contributed by atoms with E-state index in [9.17, 15) is 0 Å². The molecule has 0 atom stereocenters. The minimum Gasteiger partial charge on any atom is -0.309 e. The lowest BCUT2D eigenvalue weighted by atomic mass is 9.99. The van der Waals surface area contributed by atoms with Crippen molar-refractivity contribution in [2.75, 3.05) is 0 Å². The summed E-state index contributed by atoms with van der Waals surface area (Å²) in [6.45, 7) is 0. The van der Waals surface area contributed by atoms with Crippen LogP contribution in [0.5, 0.6) is 0 Å². The number of hydrogen-bond acceptors (Lipinski definition) is 3. The van der Waals surface area contributed by atoms with Crippen LogP contribution in [0.1, 0.15) is 0 Å². The fraction of sp³-hybridized carbons (Fsp3) is 0. The predicted molar refractivity (Wildman–Crippen MR) is 252 cm³/mol. The largest absolute Gasteiger partial charge is 0.309 e. The summed E-state index contributed by atoms with van der Waals surface area (Å²) < 4.78 is 2.35. The number of para-hydroxylation sites is 1. The van der Waals surface area contributed by atoms with Crippen molar-refractivity contribution < 1.29 is 0 Å². The van der Waals surface area contributed by atoms with Crippen molar-refractivity contribution in [3.63, 3.8) is 0 Å². The molecule has 11 rings (SSSR count). The molecule has 4 heteroatoms. The minimum atomic E-state index is 0.617. The predicted octanol–water partition coefficient (Wildman–Crippen LogP) is 14.6. The lowest BCUT2D eigenvalue weighted by Gasteiger charge is -2.12. The summed E-state index contributed by atoms with van der Waals surface area (Å²) in [5.74, 6) is 1.86.